The summed E-state index contributed by atoms with van der Waals surface area (Å²) >= 11 is 6.60. The average molecular weight is 484 g/mol. The predicted molar refractivity (Wildman–Crippen MR) is 125 cm³/mol. The van der Waals surface area contributed by atoms with Crippen molar-refractivity contribution in [1.82, 2.24) is 20.1 Å². The maximum atomic E-state index is 13.1. The molecule has 1 aliphatic carbocycles. The number of alkyl halides is 2. The van der Waals surface area contributed by atoms with Crippen molar-refractivity contribution in [3.8, 4) is 11.3 Å². The third-order valence-electron chi connectivity index (χ3n) is 6.14. The Balaban J connectivity index is 1.79. The summed E-state index contributed by atoms with van der Waals surface area (Å²) < 4.78 is 27.9. The van der Waals surface area contributed by atoms with Crippen LogP contribution in [0.15, 0.2) is 12.3 Å². The van der Waals surface area contributed by atoms with Crippen molar-refractivity contribution in [3.05, 3.63) is 28.5 Å². The maximum Gasteiger partial charge on any atom is 0.273 e. The number of carbonyl (C=O) groups is 1. The van der Waals surface area contributed by atoms with Crippen LogP contribution in [0.5, 0.6) is 0 Å². The molecule has 0 unspecified atom stereocenters. The van der Waals surface area contributed by atoms with Gasteiger partial charge < -0.3 is 15.7 Å². The number of amides is 1. The topological polar surface area (TPSA) is 92.1 Å². The molecule has 1 amide bonds. The molecule has 1 fully saturated rings. The molecule has 0 spiro atoms. The number of nitrogens with one attached hydrogen (secondary N) is 2. The minimum atomic E-state index is -2.86. The van der Waals surface area contributed by atoms with Gasteiger partial charge in [0.1, 0.15) is 5.82 Å². The number of anilines is 1. The number of hydrogen-bond donors (Lipinski definition) is 3. The summed E-state index contributed by atoms with van der Waals surface area (Å²) in [4.78, 5) is 17.1. The molecule has 33 heavy (non-hydrogen) atoms. The van der Waals surface area contributed by atoms with Gasteiger partial charge in [0.15, 0.2) is 5.69 Å². The number of pyridine rings is 1. The molecule has 0 saturated heterocycles. The lowest BCUT2D eigenvalue weighted by molar-refractivity contribution is -0.00544. The molecule has 3 N–H and O–H groups in total. The van der Waals surface area contributed by atoms with Crippen molar-refractivity contribution in [2.24, 2.45) is 5.92 Å². The first-order valence-electron chi connectivity index (χ1n) is 11.3. The Morgan fingerprint density at radius 2 is 2.06 bits per heavy atom. The summed E-state index contributed by atoms with van der Waals surface area (Å²) in [6.45, 7) is 6.77. The molecule has 7 nitrogen and oxygen atoms in total. The second-order valence-electron chi connectivity index (χ2n) is 9.22. The molecule has 1 saturated carbocycles. The fourth-order valence-corrected chi connectivity index (χ4v) is 4.35. The van der Waals surface area contributed by atoms with E-state index in [9.17, 15) is 18.7 Å². The molecule has 2 aromatic heterocycles. The van der Waals surface area contributed by atoms with Crippen LogP contribution in [0.3, 0.4) is 0 Å². The second-order valence-corrected chi connectivity index (χ2v) is 9.60. The molecular formula is C23H32ClF2N5O2. The van der Waals surface area contributed by atoms with Gasteiger partial charge in [-0.2, -0.15) is 5.10 Å². The Labute approximate surface area is 197 Å². The zero-order valence-electron chi connectivity index (χ0n) is 19.5. The van der Waals surface area contributed by atoms with E-state index in [1.54, 1.807) is 10.7 Å². The lowest BCUT2D eigenvalue weighted by Gasteiger charge is -2.34. The van der Waals surface area contributed by atoms with Gasteiger partial charge in [-0.05, 0) is 57.1 Å². The summed E-state index contributed by atoms with van der Waals surface area (Å²) in [5.74, 6) is -2.40. The molecule has 2 aromatic rings. The zero-order valence-corrected chi connectivity index (χ0v) is 20.3. The Morgan fingerprint density at radius 1 is 1.39 bits per heavy atom. The molecule has 0 bridgehead atoms. The number of halogens is 3. The van der Waals surface area contributed by atoms with Gasteiger partial charge in [-0.3, -0.25) is 9.48 Å². The number of aryl methyl sites for hydroxylation is 2. The van der Waals surface area contributed by atoms with Crippen LogP contribution >= 0.6 is 11.6 Å². The number of carbonyl (C=O) groups excluding carboxylic acids is 1. The molecule has 10 heteroatoms. The van der Waals surface area contributed by atoms with Gasteiger partial charge in [-0.1, -0.05) is 18.5 Å². The fraction of sp³-hybridized carbons (Fsp3) is 0.609. The van der Waals surface area contributed by atoms with E-state index in [4.69, 9.17) is 11.6 Å². The van der Waals surface area contributed by atoms with Gasteiger partial charge >= 0.3 is 0 Å². The fourth-order valence-electron chi connectivity index (χ4n) is 4.02. The number of aromatic nitrogens is 3. The van der Waals surface area contributed by atoms with Crippen molar-refractivity contribution >= 4 is 23.3 Å². The number of nitrogens with zero attached hydrogens (tertiary/aromatic N) is 3. The minimum absolute atomic E-state index is 0.0773. The van der Waals surface area contributed by atoms with Crippen LogP contribution in [0.25, 0.3) is 11.3 Å². The van der Waals surface area contributed by atoms with Crippen LogP contribution in [0, 0.1) is 12.8 Å². The van der Waals surface area contributed by atoms with Gasteiger partial charge in [-0.15, -0.1) is 0 Å². The molecule has 0 aromatic carbocycles. The van der Waals surface area contributed by atoms with Crippen LogP contribution in [0.2, 0.25) is 5.02 Å². The first-order valence-corrected chi connectivity index (χ1v) is 11.7. The first-order chi connectivity index (χ1) is 15.4. The van der Waals surface area contributed by atoms with Crippen molar-refractivity contribution in [1.29, 1.82) is 0 Å². The van der Waals surface area contributed by atoms with Crippen molar-refractivity contribution in [2.75, 3.05) is 18.4 Å². The van der Waals surface area contributed by atoms with E-state index in [0.29, 0.717) is 42.4 Å². The largest absolute Gasteiger partial charge is 0.388 e. The standard InChI is InChI=1S/C23H32ClF2N5O2/c1-5-31-20(16-11-27-17(10-15(16)3)28-12-22(4,25)26)18(24)19(30-31)21(32)29-13-23(33)8-6-14(2)7-9-23/h10-11,14,33H,5-9,12-13H2,1-4H3,(H,27,28)(H,29,32). The highest BCUT2D eigenvalue weighted by Crippen LogP contribution is 2.34. The average Bonchev–Trinajstić information content (AvgIpc) is 3.09. The summed E-state index contributed by atoms with van der Waals surface area (Å²) in [5.41, 5.74) is 1.10. The van der Waals surface area contributed by atoms with Crippen LogP contribution in [-0.4, -0.2) is 50.4 Å². The quantitative estimate of drug-likeness (QED) is 0.507. The van der Waals surface area contributed by atoms with E-state index in [0.717, 1.165) is 25.3 Å². The number of hydrogen-bond acceptors (Lipinski definition) is 5. The maximum absolute atomic E-state index is 13.1. The third-order valence-corrected chi connectivity index (χ3v) is 6.50. The first kappa shape index (κ1) is 25.4. The Bertz CT molecular complexity index is 997. The summed E-state index contributed by atoms with van der Waals surface area (Å²) in [6.07, 6.45) is 4.68. The molecule has 0 atom stereocenters. The second kappa shape index (κ2) is 9.93. The highest BCUT2D eigenvalue weighted by Gasteiger charge is 2.33. The highest BCUT2D eigenvalue weighted by atomic mass is 35.5. The SMILES string of the molecule is CCn1nc(C(=O)NCC2(O)CCC(C)CC2)c(Cl)c1-c1cnc(NCC(C)(F)F)cc1C. The van der Waals surface area contributed by atoms with E-state index in [1.165, 1.54) is 6.20 Å². The molecule has 1 aliphatic rings. The summed E-state index contributed by atoms with van der Waals surface area (Å²) in [7, 11) is 0. The summed E-state index contributed by atoms with van der Waals surface area (Å²) in [6, 6.07) is 1.66. The number of rotatable bonds is 8. The predicted octanol–water partition coefficient (Wildman–Crippen LogP) is 4.66. The Hall–Kier alpha value is -2.26. The molecule has 182 valence electrons. The van der Waals surface area contributed by atoms with Crippen molar-refractivity contribution < 1.29 is 18.7 Å². The normalized spacial score (nSPS) is 21.2. The van der Waals surface area contributed by atoms with Gasteiger partial charge in [0.2, 0.25) is 0 Å². The molecule has 2 heterocycles. The van der Waals surface area contributed by atoms with Crippen LogP contribution in [0.1, 0.15) is 62.5 Å². The van der Waals surface area contributed by atoms with E-state index >= 15 is 0 Å². The smallest absolute Gasteiger partial charge is 0.273 e. The van der Waals surface area contributed by atoms with E-state index in [2.05, 4.69) is 27.6 Å². The van der Waals surface area contributed by atoms with Gasteiger partial charge in [-0.25, -0.2) is 13.8 Å². The highest BCUT2D eigenvalue weighted by molar-refractivity contribution is 6.36. The van der Waals surface area contributed by atoms with Crippen LogP contribution in [0.4, 0.5) is 14.6 Å². The van der Waals surface area contributed by atoms with E-state index < -0.39 is 24.0 Å². The molecule has 3 rings (SSSR count). The van der Waals surface area contributed by atoms with Crippen molar-refractivity contribution in [2.45, 2.75) is 71.4 Å². The van der Waals surface area contributed by atoms with E-state index in [1.807, 2.05) is 13.8 Å². The zero-order chi connectivity index (χ0) is 24.4. The van der Waals surface area contributed by atoms with Crippen LogP contribution in [-0.2, 0) is 6.54 Å². The van der Waals surface area contributed by atoms with Crippen molar-refractivity contribution in [3.63, 3.8) is 0 Å². The third kappa shape index (κ3) is 6.20. The van der Waals surface area contributed by atoms with Gasteiger partial charge in [0.25, 0.3) is 11.8 Å². The molecule has 0 radical (unpaired) electrons. The van der Waals surface area contributed by atoms with Gasteiger partial charge in [0, 0.05) is 31.8 Å². The molecular weight excluding hydrogens is 452 g/mol. The lowest BCUT2D eigenvalue weighted by atomic mass is 9.79. The lowest BCUT2D eigenvalue weighted by Crippen LogP contribution is -2.45. The summed E-state index contributed by atoms with van der Waals surface area (Å²) in [5, 5.41) is 20.7. The van der Waals surface area contributed by atoms with Crippen LogP contribution < -0.4 is 10.6 Å². The molecule has 0 aliphatic heterocycles. The minimum Gasteiger partial charge on any atom is -0.388 e. The Kier molecular flexibility index (Phi) is 7.63. The Morgan fingerprint density at radius 3 is 2.64 bits per heavy atom. The van der Waals surface area contributed by atoms with Gasteiger partial charge in [0.05, 0.1) is 22.9 Å². The van der Waals surface area contributed by atoms with E-state index in [-0.39, 0.29) is 17.3 Å². The monoisotopic (exact) mass is 483 g/mol. The number of aliphatic hydroxyl groups is 1.